The number of hydrogen-bond acceptors (Lipinski definition) is 3. The molecule has 3 N–H and O–H groups in total. The molecule has 0 aromatic carbocycles. The molecule has 19 heavy (non-hydrogen) atoms. The number of hydrogen-bond donors (Lipinski definition) is 3. The van der Waals surface area contributed by atoms with Gasteiger partial charge in [0.25, 0.3) is 0 Å². The van der Waals surface area contributed by atoms with E-state index >= 15 is 0 Å². The molecule has 0 aliphatic heterocycles. The molecule has 0 heterocycles. The third-order valence-corrected chi connectivity index (χ3v) is 5.03. The van der Waals surface area contributed by atoms with Crippen LogP contribution in [0.25, 0.3) is 0 Å². The van der Waals surface area contributed by atoms with Crippen molar-refractivity contribution in [2.24, 2.45) is 22.2 Å². The van der Waals surface area contributed by atoms with Gasteiger partial charge in [-0.25, -0.2) is 0 Å². The second-order valence-electron chi connectivity index (χ2n) is 6.25. The number of carboxylic acid groups (broad SMARTS) is 2. The standard InChI is InChI=1S/C13H21NO5/c1-7(8(15)16)6-14-9(17)13(10(18)19)11(2,3)12(13,4)5/h7H,6H2,1-5H3,(H,14,17)(H,15,16)(H,18,19)/t7-/m0/s1. The van der Waals surface area contributed by atoms with E-state index in [1.54, 1.807) is 27.7 Å². The molecule has 1 amide bonds. The summed E-state index contributed by atoms with van der Waals surface area (Å²) in [6, 6.07) is 0. The summed E-state index contributed by atoms with van der Waals surface area (Å²) >= 11 is 0. The molecule has 1 aliphatic carbocycles. The molecule has 0 bridgehead atoms. The number of carbonyl (C=O) groups excluding carboxylic acids is 1. The number of amides is 1. The molecule has 6 heteroatoms. The van der Waals surface area contributed by atoms with Crippen molar-refractivity contribution < 1.29 is 24.6 Å². The largest absolute Gasteiger partial charge is 0.481 e. The maximum Gasteiger partial charge on any atom is 0.320 e. The first-order valence-corrected chi connectivity index (χ1v) is 6.19. The predicted molar refractivity (Wildman–Crippen MR) is 67.4 cm³/mol. The Labute approximate surface area is 112 Å². The van der Waals surface area contributed by atoms with E-state index in [1.165, 1.54) is 6.92 Å². The van der Waals surface area contributed by atoms with E-state index in [0.717, 1.165) is 0 Å². The third kappa shape index (κ3) is 1.73. The molecule has 0 aromatic rings. The Hall–Kier alpha value is -1.59. The van der Waals surface area contributed by atoms with Gasteiger partial charge in [-0.1, -0.05) is 34.6 Å². The molecular formula is C13H21NO5. The van der Waals surface area contributed by atoms with Gasteiger partial charge in [0.15, 0.2) is 5.41 Å². The van der Waals surface area contributed by atoms with Gasteiger partial charge in [-0.05, 0) is 10.8 Å². The summed E-state index contributed by atoms with van der Waals surface area (Å²) in [6.07, 6.45) is 0. The molecular weight excluding hydrogens is 250 g/mol. The van der Waals surface area contributed by atoms with Crippen molar-refractivity contribution in [3.05, 3.63) is 0 Å². The van der Waals surface area contributed by atoms with Crippen LogP contribution in [0.5, 0.6) is 0 Å². The lowest BCUT2D eigenvalue weighted by atomic mass is 9.93. The van der Waals surface area contributed by atoms with E-state index < -0.39 is 40.0 Å². The van der Waals surface area contributed by atoms with Gasteiger partial charge in [0.05, 0.1) is 5.92 Å². The van der Waals surface area contributed by atoms with Crippen LogP contribution in [0.2, 0.25) is 0 Å². The lowest BCUT2D eigenvalue weighted by molar-refractivity contribution is -0.152. The zero-order valence-corrected chi connectivity index (χ0v) is 11.9. The molecule has 0 spiro atoms. The van der Waals surface area contributed by atoms with Crippen LogP contribution in [0.3, 0.4) is 0 Å². The van der Waals surface area contributed by atoms with Crippen molar-refractivity contribution >= 4 is 17.8 Å². The monoisotopic (exact) mass is 271 g/mol. The van der Waals surface area contributed by atoms with Gasteiger partial charge in [-0.15, -0.1) is 0 Å². The summed E-state index contributed by atoms with van der Waals surface area (Å²) in [4.78, 5) is 34.5. The molecule has 0 aromatic heterocycles. The number of nitrogens with one attached hydrogen (secondary N) is 1. The van der Waals surface area contributed by atoms with Gasteiger partial charge >= 0.3 is 11.9 Å². The zero-order chi connectivity index (χ0) is 15.2. The first-order chi connectivity index (χ1) is 8.44. The molecule has 6 nitrogen and oxygen atoms in total. The molecule has 108 valence electrons. The summed E-state index contributed by atoms with van der Waals surface area (Å²) in [7, 11) is 0. The van der Waals surface area contributed by atoms with Crippen molar-refractivity contribution in [1.82, 2.24) is 5.32 Å². The molecule has 0 radical (unpaired) electrons. The minimum Gasteiger partial charge on any atom is -0.481 e. The molecule has 1 fully saturated rings. The molecule has 1 rings (SSSR count). The number of rotatable bonds is 5. The Morgan fingerprint density at radius 1 is 1.05 bits per heavy atom. The first-order valence-electron chi connectivity index (χ1n) is 6.19. The van der Waals surface area contributed by atoms with Crippen molar-refractivity contribution in [1.29, 1.82) is 0 Å². The number of aliphatic carboxylic acids is 2. The highest BCUT2D eigenvalue weighted by molar-refractivity contribution is 6.08. The van der Waals surface area contributed by atoms with E-state index in [1.807, 2.05) is 0 Å². The SMILES string of the molecule is C[C@@H](CNC(=O)C1(C(=O)O)C(C)(C)C1(C)C)C(=O)O. The van der Waals surface area contributed by atoms with Crippen LogP contribution in [0, 0.1) is 22.2 Å². The van der Waals surface area contributed by atoms with E-state index in [2.05, 4.69) is 5.32 Å². The zero-order valence-electron chi connectivity index (χ0n) is 11.9. The second-order valence-corrected chi connectivity index (χ2v) is 6.25. The summed E-state index contributed by atoms with van der Waals surface area (Å²) < 4.78 is 0. The number of carbonyl (C=O) groups is 3. The van der Waals surface area contributed by atoms with Gasteiger partial charge in [0.1, 0.15) is 0 Å². The number of carboxylic acids is 2. The minimum atomic E-state index is -1.50. The molecule has 1 aliphatic rings. The maximum atomic E-state index is 12.2. The topological polar surface area (TPSA) is 104 Å². The smallest absolute Gasteiger partial charge is 0.320 e. The fourth-order valence-corrected chi connectivity index (χ4v) is 2.98. The van der Waals surface area contributed by atoms with E-state index in [4.69, 9.17) is 5.11 Å². The van der Waals surface area contributed by atoms with Gasteiger partial charge in [-0.3, -0.25) is 14.4 Å². The van der Waals surface area contributed by atoms with Crippen LogP contribution < -0.4 is 5.32 Å². The van der Waals surface area contributed by atoms with Gasteiger partial charge < -0.3 is 15.5 Å². The van der Waals surface area contributed by atoms with Gasteiger partial charge in [0, 0.05) is 6.54 Å². The fourth-order valence-electron chi connectivity index (χ4n) is 2.98. The van der Waals surface area contributed by atoms with Crippen molar-refractivity contribution in [3.8, 4) is 0 Å². The highest BCUT2D eigenvalue weighted by Crippen LogP contribution is 2.77. The molecule has 0 unspecified atom stereocenters. The van der Waals surface area contributed by atoms with Crippen LogP contribution in [0.1, 0.15) is 34.6 Å². The average Bonchev–Trinajstić information content (AvgIpc) is 2.61. The predicted octanol–water partition coefficient (Wildman–Crippen LogP) is 0.960. The quantitative estimate of drug-likeness (QED) is 0.646. The van der Waals surface area contributed by atoms with Crippen LogP contribution in [-0.2, 0) is 14.4 Å². The molecule has 0 saturated heterocycles. The Balaban J connectivity index is 2.91. The summed E-state index contributed by atoms with van der Waals surface area (Å²) in [5.41, 5.74) is -2.86. The summed E-state index contributed by atoms with van der Waals surface area (Å²) in [5, 5.41) is 20.7. The Bertz CT molecular complexity index is 424. The Kier molecular flexibility index (Phi) is 3.43. The Morgan fingerprint density at radius 2 is 1.47 bits per heavy atom. The average molecular weight is 271 g/mol. The fraction of sp³-hybridized carbons (Fsp3) is 0.769. The first kappa shape index (κ1) is 15.5. The van der Waals surface area contributed by atoms with Crippen LogP contribution >= 0.6 is 0 Å². The van der Waals surface area contributed by atoms with E-state index in [-0.39, 0.29) is 6.54 Å². The third-order valence-electron chi connectivity index (χ3n) is 5.03. The normalized spacial score (nSPS) is 23.2. The summed E-state index contributed by atoms with van der Waals surface area (Å²) in [6.45, 7) is 8.33. The van der Waals surface area contributed by atoms with E-state index in [9.17, 15) is 19.5 Å². The maximum absolute atomic E-state index is 12.2. The van der Waals surface area contributed by atoms with Crippen LogP contribution in [0.15, 0.2) is 0 Å². The van der Waals surface area contributed by atoms with Crippen molar-refractivity contribution in [2.75, 3.05) is 6.54 Å². The van der Waals surface area contributed by atoms with Crippen molar-refractivity contribution in [3.63, 3.8) is 0 Å². The van der Waals surface area contributed by atoms with Crippen molar-refractivity contribution in [2.45, 2.75) is 34.6 Å². The van der Waals surface area contributed by atoms with Gasteiger partial charge in [-0.2, -0.15) is 0 Å². The van der Waals surface area contributed by atoms with E-state index in [0.29, 0.717) is 0 Å². The highest BCUT2D eigenvalue weighted by atomic mass is 16.4. The molecule has 1 atom stereocenters. The second kappa shape index (κ2) is 4.21. The van der Waals surface area contributed by atoms with Crippen LogP contribution in [0.4, 0.5) is 0 Å². The Morgan fingerprint density at radius 3 is 1.74 bits per heavy atom. The minimum absolute atomic E-state index is 0.0741. The highest BCUT2D eigenvalue weighted by Gasteiger charge is 2.85. The summed E-state index contributed by atoms with van der Waals surface area (Å²) in [5.74, 6) is -3.55. The lowest BCUT2D eigenvalue weighted by Gasteiger charge is -2.17. The van der Waals surface area contributed by atoms with Gasteiger partial charge in [0.2, 0.25) is 5.91 Å². The molecule has 1 saturated carbocycles. The van der Waals surface area contributed by atoms with Crippen LogP contribution in [-0.4, -0.2) is 34.6 Å². The lowest BCUT2D eigenvalue weighted by Crippen LogP contribution is -2.43.